The van der Waals surface area contributed by atoms with E-state index in [1.54, 1.807) is 6.20 Å². The monoisotopic (exact) mass is 372 g/mol. The number of nitrogens with zero attached hydrogens (tertiary/aromatic N) is 4. The fraction of sp³-hybridized carbons (Fsp3) is 0.263. The number of benzene rings is 1. The fourth-order valence-electron chi connectivity index (χ4n) is 2.98. The van der Waals surface area contributed by atoms with Gasteiger partial charge in [-0.3, -0.25) is 14.6 Å². The van der Waals surface area contributed by atoms with Crippen molar-refractivity contribution in [2.24, 2.45) is 0 Å². The Morgan fingerprint density at radius 2 is 1.96 bits per heavy atom. The molecule has 0 saturated heterocycles. The minimum Gasteiger partial charge on any atom is -0.277 e. The number of aromatic nitrogens is 3. The molecule has 0 aliphatic heterocycles. The minimum atomic E-state index is 0.592. The third kappa shape index (κ3) is 3.87. The second-order valence-electron chi connectivity index (χ2n) is 6.33. The molecule has 1 saturated carbocycles. The summed E-state index contributed by atoms with van der Waals surface area (Å²) < 4.78 is 2.03. The summed E-state index contributed by atoms with van der Waals surface area (Å²) in [5.41, 5.74) is 3.31. The SMILES string of the molecule is Clc1ccc(CN(Cn2nccc2-c2cccnc2)C2CC2)cc1Cl. The van der Waals surface area contributed by atoms with Crippen LogP contribution in [0.15, 0.2) is 55.0 Å². The van der Waals surface area contributed by atoms with Gasteiger partial charge in [-0.15, -0.1) is 0 Å². The standard InChI is InChI=1S/C19H18Cl2N4/c20-17-6-3-14(10-18(17)21)12-24(16-4-5-16)13-25-19(7-9-23-25)15-2-1-8-22-11-15/h1-3,6-11,16H,4-5,12-13H2. The number of rotatable bonds is 6. The number of hydrogen-bond donors (Lipinski definition) is 0. The van der Waals surface area contributed by atoms with E-state index in [9.17, 15) is 0 Å². The van der Waals surface area contributed by atoms with Crippen LogP contribution in [0, 0.1) is 0 Å². The molecule has 2 aromatic heterocycles. The maximum Gasteiger partial charge on any atom is 0.0941 e. The van der Waals surface area contributed by atoms with Crippen LogP contribution < -0.4 is 0 Å². The molecule has 0 N–H and O–H groups in total. The normalized spacial score (nSPS) is 14.2. The molecule has 3 aromatic rings. The van der Waals surface area contributed by atoms with Gasteiger partial charge in [-0.25, -0.2) is 0 Å². The Labute approximate surface area is 157 Å². The molecule has 0 radical (unpaired) electrons. The predicted octanol–water partition coefficient (Wildman–Crippen LogP) is 4.87. The smallest absolute Gasteiger partial charge is 0.0941 e. The molecule has 1 aliphatic carbocycles. The Kier molecular flexibility index (Phi) is 4.75. The van der Waals surface area contributed by atoms with Gasteiger partial charge in [0, 0.05) is 36.7 Å². The van der Waals surface area contributed by atoms with Crippen molar-refractivity contribution < 1.29 is 0 Å². The number of halogens is 2. The Balaban J connectivity index is 1.55. The summed E-state index contributed by atoms with van der Waals surface area (Å²) in [6, 6.07) is 12.5. The van der Waals surface area contributed by atoms with Crippen molar-refractivity contribution >= 4 is 23.2 Å². The first-order valence-corrected chi connectivity index (χ1v) is 9.06. The summed E-state index contributed by atoms with van der Waals surface area (Å²) in [7, 11) is 0. The summed E-state index contributed by atoms with van der Waals surface area (Å²) in [5, 5.41) is 5.71. The maximum absolute atomic E-state index is 6.17. The van der Waals surface area contributed by atoms with Crippen LogP contribution in [-0.2, 0) is 13.2 Å². The molecular formula is C19H18Cl2N4. The minimum absolute atomic E-state index is 0.592. The van der Waals surface area contributed by atoms with Crippen LogP contribution in [0.25, 0.3) is 11.3 Å². The molecule has 6 heteroatoms. The van der Waals surface area contributed by atoms with Gasteiger partial charge in [0.1, 0.15) is 0 Å². The van der Waals surface area contributed by atoms with E-state index in [0.717, 1.165) is 30.0 Å². The van der Waals surface area contributed by atoms with Crippen LogP contribution in [0.1, 0.15) is 18.4 Å². The van der Waals surface area contributed by atoms with Gasteiger partial charge < -0.3 is 0 Å². The topological polar surface area (TPSA) is 34.0 Å². The van der Waals surface area contributed by atoms with Gasteiger partial charge in [-0.2, -0.15) is 5.10 Å². The molecule has 0 spiro atoms. The highest BCUT2D eigenvalue weighted by Crippen LogP contribution is 2.31. The van der Waals surface area contributed by atoms with E-state index in [1.807, 2.05) is 47.4 Å². The van der Waals surface area contributed by atoms with Crippen LogP contribution in [-0.4, -0.2) is 25.7 Å². The van der Waals surface area contributed by atoms with Crippen LogP contribution in [0.5, 0.6) is 0 Å². The summed E-state index contributed by atoms with van der Waals surface area (Å²) in [6.07, 6.45) is 7.95. The zero-order valence-electron chi connectivity index (χ0n) is 13.6. The molecule has 0 bridgehead atoms. The largest absolute Gasteiger partial charge is 0.277 e. The van der Waals surface area contributed by atoms with Crippen molar-refractivity contribution in [2.75, 3.05) is 0 Å². The van der Waals surface area contributed by atoms with Crippen LogP contribution in [0.2, 0.25) is 10.0 Å². The first kappa shape index (κ1) is 16.6. The van der Waals surface area contributed by atoms with E-state index in [1.165, 1.54) is 12.8 Å². The highest BCUT2D eigenvalue weighted by atomic mass is 35.5. The summed E-state index contributed by atoms with van der Waals surface area (Å²) in [5.74, 6) is 0. The average molecular weight is 373 g/mol. The van der Waals surface area contributed by atoms with Crippen molar-refractivity contribution in [3.05, 3.63) is 70.6 Å². The molecule has 1 aromatic carbocycles. The molecule has 2 heterocycles. The highest BCUT2D eigenvalue weighted by molar-refractivity contribution is 6.42. The Morgan fingerprint density at radius 3 is 2.68 bits per heavy atom. The van der Waals surface area contributed by atoms with Crippen molar-refractivity contribution in [1.29, 1.82) is 0 Å². The molecule has 4 nitrogen and oxygen atoms in total. The van der Waals surface area contributed by atoms with Crippen molar-refractivity contribution in [3.63, 3.8) is 0 Å². The maximum atomic E-state index is 6.17. The first-order valence-electron chi connectivity index (χ1n) is 8.31. The Hall–Kier alpha value is -1.88. The van der Waals surface area contributed by atoms with Gasteiger partial charge in [-0.1, -0.05) is 29.3 Å². The van der Waals surface area contributed by atoms with E-state index in [2.05, 4.69) is 21.0 Å². The lowest BCUT2D eigenvalue weighted by Gasteiger charge is -2.23. The van der Waals surface area contributed by atoms with Crippen molar-refractivity contribution in [2.45, 2.75) is 32.1 Å². The van der Waals surface area contributed by atoms with E-state index < -0.39 is 0 Å². The molecular weight excluding hydrogens is 355 g/mol. The molecule has 128 valence electrons. The van der Waals surface area contributed by atoms with Crippen molar-refractivity contribution in [1.82, 2.24) is 19.7 Å². The van der Waals surface area contributed by atoms with Crippen LogP contribution in [0.4, 0.5) is 0 Å². The number of pyridine rings is 1. The Morgan fingerprint density at radius 1 is 1.08 bits per heavy atom. The van der Waals surface area contributed by atoms with E-state index >= 15 is 0 Å². The number of hydrogen-bond acceptors (Lipinski definition) is 3. The molecule has 1 fully saturated rings. The van der Waals surface area contributed by atoms with Crippen LogP contribution in [0.3, 0.4) is 0 Å². The zero-order valence-corrected chi connectivity index (χ0v) is 15.2. The third-order valence-corrected chi connectivity index (χ3v) is 5.16. The molecule has 0 unspecified atom stereocenters. The fourth-order valence-corrected chi connectivity index (χ4v) is 3.30. The molecule has 4 rings (SSSR count). The van der Waals surface area contributed by atoms with Gasteiger partial charge in [0.15, 0.2) is 0 Å². The van der Waals surface area contributed by atoms with Gasteiger partial charge in [-0.05, 0) is 48.7 Å². The van der Waals surface area contributed by atoms with Crippen molar-refractivity contribution in [3.8, 4) is 11.3 Å². The van der Waals surface area contributed by atoms with Gasteiger partial charge in [0.05, 0.1) is 22.4 Å². The second kappa shape index (κ2) is 7.16. The van der Waals surface area contributed by atoms with Gasteiger partial charge in [0.2, 0.25) is 0 Å². The van der Waals surface area contributed by atoms with E-state index in [-0.39, 0.29) is 0 Å². The lowest BCUT2D eigenvalue weighted by Crippen LogP contribution is -2.29. The van der Waals surface area contributed by atoms with Crippen LogP contribution >= 0.6 is 23.2 Å². The van der Waals surface area contributed by atoms with Gasteiger partial charge >= 0.3 is 0 Å². The molecule has 0 atom stereocenters. The lowest BCUT2D eigenvalue weighted by atomic mass is 10.2. The molecule has 1 aliphatic rings. The third-order valence-electron chi connectivity index (χ3n) is 4.42. The van der Waals surface area contributed by atoms with E-state index in [4.69, 9.17) is 23.2 Å². The average Bonchev–Trinajstić information content (AvgIpc) is 3.37. The first-order chi connectivity index (χ1) is 12.2. The lowest BCUT2D eigenvalue weighted by molar-refractivity contribution is 0.189. The molecule has 25 heavy (non-hydrogen) atoms. The summed E-state index contributed by atoms with van der Waals surface area (Å²) >= 11 is 12.2. The quantitative estimate of drug-likeness (QED) is 0.618. The van der Waals surface area contributed by atoms with Gasteiger partial charge in [0.25, 0.3) is 0 Å². The summed E-state index contributed by atoms with van der Waals surface area (Å²) in [4.78, 5) is 6.65. The predicted molar refractivity (Wildman–Crippen MR) is 100 cm³/mol. The highest BCUT2D eigenvalue weighted by Gasteiger charge is 2.29. The Bertz CT molecular complexity index is 859. The summed E-state index contributed by atoms with van der Waals surface area (Å²) in [6.45, 7) is 1.57. The molecule has 0 amide bonds. The second-order valence-corrected chi connectivity index (χ2v) is 7.14. The van der Waals surface area contributed by atoms with E-state index in [0.29, 0.717) is 16.1 Å². The zero-order chi connectivity index (χ0) is 17.2.